The summed E-state index contributed by atoms with van der Waals surface area (Å²) in [4.78, 5) is 47.5. The molecule has 0 aliphatic rings. The number of unbranched alkanes of at least 4 members (excludes halogenated alkanes) is 21. The number of allylic oxidation sites excluding steroid dienone is 4. The second kappa shape index (κ2) is 39.0. The highest BCUT2D eigenvalue weighted by Gasteiger charge is 2.19. The van der Waals surface area contributed by atoms with Crippen LogP contribution in [0.25, 0.3) is 0 Å². The molecule has 0 rings (SSSR count). The largest absolute Gasteiger partial charge is 0.480 e. The van der Waals surface area contributed by atoms with Crippen molar-refractivity contribution in [3.63, 3.8) is 0 Å². The van der Waals surface area contributed by atoms with E-state index in [2.05, 4.69) is 48.8 Å². The fourth-order valence-corrected chi connectivity index (χ4v) is 6.30. The smallest absolute Gasteiger partial charge is 0.328 e. The summed E-state index contributed by atoms with van der Waals surface area (Å²) in [7, 11) is 0. The van der Waals surface area contributed by atoms with Crippen LogP contribution in [0.5, 0.6) is 0 Å². The second-order valence-corrected chi connectivity index (χ2v) is 14.8. The highest BCUT2D eigenvalue weighted by atomic mass is 16.5. The Hall–Kier alpha value is -2.68. The molecule has 0 bridgehead atoms. The van der Waals surface area contributed by atoms with E-state index in [4.69, 9.17) is 14.9 Å². The molecule has 0 aliphatic heterocycles. The van der Waals surface area contributed by atoms with Crippen LogP contribution in [-0.4, -0.2) is 59.3 Å². The molecule has 0 aliphatic carbocycles. The van der Waals surface area contributed by atoms with Crippen LogP contribution in [0.15, 0.2) is 24.3 Å². The van der Waals surface area contributed by atoms with Gasteiger partial charge in [-0.3, -0.25) is 14.4 Å². The van der Waals surface area contributed by atoms with Crippen molar-refractivity contribution in [2.45, 2.75) is 219 Å². The molecule has 0 saturated heterocycles. The van der Waals surface area contributed by atoms with E-state index in [1.54, 1.807) is 0 Å². The van der Waals surface area contributed by atoms with Crippen molar-refractivity contribution in [2.24, 2.45) is 0 Å². The molecule has 0 aromatic carbocycles. The molecule has 2 unspecified atom stereocenters. The Morgan fingerprint density at radius 1 is 0.547 bits per heavy atom. The van der Waals surface area contributed by atoms with E-state index >= 15 is 0 Å². The van der Waals surface area contributed by atoms with E-state index in [1.165, 1.54) is 96.3 Å². The fraction of sp³-hybridized carbons (Fsp3) is 0.818. The van der Waals surface area contributed by atoms with E-state index in [9.17, 15) is 19.2 Å². The average molecular weight is 749 g/mol. The van der Waals surface area contributed by atoms with Gasteiger partial charge in [0.1, 0.15) is 12.1 Å². The van der Waals surface area contributed by atoms with E-state index < -0.39 is 24.5 Å². The average Bonchev–Trinajstić information content (AvgIpc) is 3.14. The molecule has 0 aromatic rings. The zero-order valence-electron chi connectivity index (χ0n) is 34.0. The number of carbonyl (C=O) groups excluding carboxylic acids is 3. The number of ether oxygens (including phenoxy) is 1. The number of aliphatic hydroxyl groups is 1. The lowest BCUT2D eigenvalue weighted by molar-refractivity contribution is -0.150. The van der Waals surface area contributed by atoms with Gasteiger partial charge in [-0.1, -0.05) is 134 Å². The number of carbonyl (C=O) groups is 4. The Balaban J connectivity index is 4.34. The summed E-state index contributed by atoms with van der Waals surface area (Å²) in [5.41, 5.74) is 0. The molecular formula is C44H80N2O7. The van der Waals surface area contributed by atoms with Crippen molar-refractivity contribution in [1.82, 2.24) is 10.6 Å². The summed E-state index contributed by atoms with van der Waals surface area (Å²) >= 11 is 0. The summed E-state index contributed by atoms with van der Waals surface area (Å²) in [5.74, 6) is -2.31. The van der Waals surface area contributed by atoms with Gasteiger partial charge in [0.05, 0.1) is 13.2 Å². The van der Waals surface area contributed by atoms with Crippen molar-refractivity contribution in [3.05, 3.63) is 24.3 Å². The van der Waals surface area contributed by atoms with Gasteiger partial charge in [0.15, 0.2) is 0 Å². The quantitative estimate of drug-likeness (QED) is 0.0278. The third-order valence-corrected chi connectivity index (χ3v) is 9.65. The van der Waals surface area contributed by atoms with Crippen molar-refractivity contribution < 1.29 is 34.1 Å². The van der Waals surface area contributed by atoms with E-state index in [1.807, 2.05) is 0 Å². The number of esters is 1. The molecule has 9 heteroatoms. The van der Waals surface area contributed by atoms with Gasteiger partial charge in [0, 0.05) is 12.8 Å². The SMILES string of the molecule is CCC/C=C\CCCCCCCC(=O)OC(CCCCC/C=C\CCCCCCCCCC)CCCCCCCC(=O)NCC(=O)NC(CO)C(=O)O. The minimum Gasteiger partial charge on any atom is -0.480 e. The molecule has 0 heterocycles. The summed E-state index contributed by atoms with van der Waals surface area (Å²) < 4.78 is 6.01. The van der Waals surface area contributed by atoms with E-state index in [0.717, 1.165) is 77.0 Å². The van der Waals surface area contributed by atoms with Gasteiger partial charge in [-0.25, -0.2) is 4.79 Å². The standard InChI is InChI=1S/C44H80N2O7/c1-3-5-7-9-11-13-15-16-17-18-19-20-22-25-29-33-39(53-43(50)36-32-28-23-21-14-12-10-8-6-4-2)34-30-26-24-27-31-35-41(48)45-37-42(49)46-40(38-47)44(51)52/h8,10,18-19,39-40,47H,3-7,9,11-17,20-38H2,1-2H3,(H,45,48)(H,46,49)(H,51,52)/b10-8-,19-18-. The third kappa shape index (κ3) is 36.1. The molecule has 53 heavy (non-hydrogen) atoms. The van der Waals surface area contributed by atoms with Gasteiger partial charge in [-0.05, 0) is 83.5 Å². The molecule has 308 valence electrons. The third-order valence-electron chi connectivity index (χ3n) is 9.65. The zero-order valence-corrected chi connectivity index (χ0v) is 34.0. The minimum atomic E-state index is -1.38. The number of nitrogens with one attached hydrogen (secondary N) is 2. The van der Waals surface area contributed by atoms with Crippen LogP contribution in [0.1, 0.15) is 206 Å². The van der Waals surface area contributed by atoms with Gasteiger partial charge in [-0.2, -0.15) is 0 Å². The Bertz CT molecular complexity index is 952. The monoisotopic (exact) mass is 749 g/mol. The summed E-state index contributed by atoms with van der Waals surface area (Å²) in [6.45, 7) is 3.43. The summed E-state index contributed by atoms with van der Waals surface area (Å²) in [6.07, 6.45) is 42.0. The first-order valence-electron chi connectivity index (χ1n) is 21.7. The summed E-state index contributed by atoms with van der Waals surface area (Å²) in [5, 5.41) is 22.5. The van der Waals surface area contributed by atoms with Crippen LogP contribution in [0.4, 0.5) is 0 Å². The molecule has 2 amide bonds. The van der Waals surface area contributed by atoms with Gasteiger partial charge in [0.2, 0.25) is 11.8 Å². The second-order valence-electron chi connectivity index (χ2n) is 14.8. The van der Waals surface area contributed by atoms with Gasteiger partial charge in [-0.15, -0.1) is 0 Å². The Morgan fingerprint density at radius 3 is 1.51 bits per heavy atom. The first-order chi connectivity index (χ1) is 25.8. The molecule has 0 spiro atoms. The van der Waals surface area contributed by atoms with Gasteiger partial charge < -0.3 is 25.6 Å². The number of carboxylic acid groups (broad SMARTS) is 1. The van der Waals surface area contributed by atoms with Crippen LogP contribution in [-0.2, 0) is 23.9 Å². The van der Waals surface area contributed by atoms with Crippen molar-refractivity contribution in [3.8, 4) is 0 Å². The number of hydrogen-bond donors (Lipinski definition) is 4. The number of aliphatic hydroxyl groups excluding tert-OH is 1. The number of amides is 2. The van der Waals surface area contributed by atoms with Crippen molar-refractivity contribution in [2.75, 3.05) is 13.2 Å². The zero-order chi connectivity index (χ0) is 39.0. The predicted molar refractivity (Wildman–Crippen MR) is 218 cm³/mol. The lowest BCUT2D eigenvalue weighted by Gasteiger charge is -2.18. The van der Waals surface area contributed by atoms with Crippen LogP contribution in [0.2, 0.25) is 0 Å². The molecule has 4 N–H and O–H groups in total. The molecule has 9 nitrogen and oxygen atoms in total. The molecule has 2 atom stereocenters. The lowest BCUT2D eigenvalue weighted by Crippen LogP contribution is -2.47. The number of carboxylic acids is 1. The summed E-state index contributed by atoms with van der Waals surface area (Å²) in [6, 6.07) is -1.38. The fourth-order valence-electron chi connectivity index (χ4n) is 6.30. The van der Waals surface area contributed by atoms with E-state index in [-0.39, 0.29) is 24.5 Å². The highest BCUT2D eigenvalue weighted by molar-refractivity contribution is 5.87. The maximum atomic E-state index is 12.7. The van der Waals surface area contributed by atoms with Gasteiger partial charge >= 0.3 is 11.9 Å². The highest BCUT2D eigenvalue weighted by Crippen LogP contribution is 2.18. The van der Waals surface area contributed by atoms with Crippen LogP contribution >= 0.6 is 0 Å². The minimum absolute atomic E-state index is 0.0293. The van der Waals surface area contributed by atoms with Crippen LogP contribution in [0, 0.1) is 0 Å². The first kappa shape index (κ1) is 50.3. The normalized spacial score (nSPS) is 12.7. The first-order valence-corrected chi connectivity index (χ1v) is 21.7. The molecular weight excluding hydrogens is 668 g/mol. The molecule has 0 fully saturated rings. The maximum Gasteiger partial charge on any atom is 0.328 e. The van der Waals surface area contributed by atoms with Crippen molar-refractivity contribution >= 4 is 23.8 Å². The number of rotatable bonds is 39. The molecule has 0 aromatic heterocycles. The predicted octanol–water partition coefficient (Wildman–Crippen LogP) is 10.4. The molecule has 0 radical (unpaired) electrons. The topological polar surface area (TPSA) is 142 Å². The maximum absolute atomic E-state index is 12.7. The Kier molecular flexibility index (Phi) is 37.1. The van der Waals surface area contributed by atoms with Crippen molar-refractivity contribution in [1.29, 1.82) is 0 Å². The number of hydrogen-bond acceptors (Lipinski definition) is 6. The molecule has 0 saturated carbocycles. The van der Waals surface area contributed by atoms with Gasteiger partial charge in [0.25, 0.3) is 0 Å². The van der Waals surface area contributed by atoms with E-state index in [0.29, 0.717) is 19.3 Å². The Morgan fingerprint density at radius 2 is 1.00 bits per heavy atom. The van der Waals surface area contributed by atoms with Crippen LogP contribution in [0.3, 0.4) is 0 Å². The Labute approximate surface area is 324 Å². The van der Waals surface area contributed by atoms with Crippen LogP contribution < -0.4 is 10.6 Å². The lowest BCUT2D eigenvalue weighted by atomic mass is 10.0. The number of aliphatic carboxylic acids is 1.